The van der Waals surface area contributed by atoms with Crippen LogP contribution in [0.2, 0.25) is 0 Å². The second kappa shape index (κ2) is 6.75. The molecule has 0 spiro atoms. The van der Waals surface area contributed by atoms with Gasteiger partial charge < -0.3 is 4.98 Å². The van der Waals surface area contributed by atoms with Gasteiger partial charge in [0.2, 0.25) is 0 Å². The molecule has 0 fully saturated rings. The van der Waals surface area contributed by atoms with E-state index in [0.29, 0.717) is 11.7 Å². The lowest BCUT2D eigenvalue weighted by atomic mass is 10.1. The van der Waals surface area contributed by atoms with Gasteiger partial charge in [0.05, 0.1) is 0 Å². The van der Waals surface area contributed by atoms with Crippen molar-refractivity contribution < 1.29 is 0 Å². The fraction of sp³-hybridized carbons (Fsp3) is 0.375. The summed E-state index contributed by atoms with van der Waals surface area (Å²) in [6.07, 6.45) is 0.820. The van der Waals surface area contributed by atoms with E-state index in [1.54, 1.807) is 17.8 Å². The summed E-state index contributed by atoms with van der Waals surface area (Å²) in [6.45, 7) is 6.38. The number of nitrogens with zero attached hydrogens (tertiary/aromatic N) is 1. The molecule has 0 amide bonds. The molecule has 1 aromatic heterocycles. The number of aromatic nitrogens is 2. The molecule has 106 valence electrons. The second-order valence-corrected chi connectivity index (χ2v) is 6.48. The fourth-order valence-corrected chi connectivity index (χ4v) is 2.71. The smallest absolute Gasteiger partial charge is 0.251 e. The molecule has 0 saturated heterocycles. The van der Waals surface area contributed by atoms with Gasteiger partial charge in [-0.2, -0.15) is 0 Å². The molecule has 0 radical (unpaired) electrons. The number of aromatic amines is 1. The summed E-state index contributed by atoms with van der Waals surface area (Å²) >= 11 is 1.80. The van der Waals surface area contributed by atoms with Crippen LogP contribution in [0.1, 0.15) is 26.5 Å². The van der Waals surface area contributed by atoms with Gasteiger partial charge in [-0.1, -0.05) is 32.9 Å². The van der Waals surface area contributed by atoms with E-state index in [-0.39, 0.29) is 5.56 Å². The van der Waals surface area contributed by atoms with E-state index in [9.17, 15) is 4.79 Å². The van der Waals surface area contributed by atoms with Crippen LogP contribution in [0.4, 0.5) is 0 Å². The summed E-state index contributed by atoms with van der Waals surface area (Å²) in [5, 5.41) is 0. The fourth-order valence-electron chi connectivity index (χ4n) is 2.04. The van der Waals surface area contributed by atoms with Crippen molar-refractivity contribution >= 4 is 11.8 Å². The van der Waals surface area contributed by atoms with Crippen molar-refractivity contribution in [2.45, 2.75) is 32.1 Å². The van der Waals surface area contributed by atoms with Crippen LogP contribution in [0.3, 0.4) is 0 Å². The van der Waals surface area contributed by atoms with Crippen molar-refractivity contribution in [3.05, 3.63) is 46.4 Å². The first-order valence-corrected chi connectivity index (χ1v) is 7.90. The van der Waals surface area contributed by atoms with Crippen LogP contribution in [0.15, 0.2) is 40.0 Å². The molecule has 2 aromatic rings. The molecule has 1 heterocycles. The minimum Gasteiger partial charge on any atom is -0.307 e. The number of thioether (sulfide) groups is 1. The van der Waals surface area contributed by atoms with E-state index < -0.39 is 0 Å². The molecule has 20 heavy (non-hydrogen) atoms. The molecular formula is C16H20N2OS. The number of hydrogen-bond acceptors (Lipinski definition) is 3. The van der Waals surface area contributed by atoms with Gasteiger partial charge in [0.25, 0.3) is 5.56 Å². The number of benzene rings is 1. The molecule has 0 aliphatic carbocycles. The summed E-state index contributed by atoms with van der Waals surface area (Å²) in [5.74, 6) is 2.19. The van der Waals surface area contributed by atoms with Gasteiger partial charge in [-0.15, -0.1) is 11.8 Å². The molecule has 0 saturated carbocycles. The molecule has 0 atom stereocenters. The van der Waals surface area contributed by atoms with Gasteiger partial charge in [-0.3, -0.25) is 4.79 Å². The Bertz CT molecular complexity index is 617. The minimum atomic E-state index is -0.0855. The Hall–Kier alpha value is -1.55. The van der Waals surface area contributed by atoms with Gasteiger partial charge >= 0.3 is 0 Å². The van der Waals surface area contributed by atoms with Crippen molar-refractivity contribution in [2.24, 2.45) is 5.92 Å². The van der Waals surface area contributed by atoms with E-state index in [0.717, 1.165) is 23.4 Å². The molecule has 0 unspecified atom stereocenters. The summed E-state index contributed by atoms with van der Waals surface area (Å²) in [7, 11) is 0. The van der Waals surface area contributed by atoms with Gasteiger partial charge in [-0.05, 0) is 30.2 Å². The first-order chi connectivity index (χ1) is 9.58. The second-order valence-electron chi connectivity index (χ2n) is 5.14. The van der Waals surface area contributed by atoms with Gasteiger partial charge in [0.15, 0.2) is 0 Å². The Morgan fingerprint density at radius 1 is 1.25 bits per heavy atom. The maximum absolute atomic E-state index is 11.7. The molecule has 0 bridgehead atoms. The Balaban J connectivity index is 2.31. The van der Waals surface area contributed by atoms with Crippen LogP contribution in [0.5, 0.6) is 0 Å². The van der Waals surface area contributed by atoms with Crippen molar-refractivity contribution in [1.29, 1.82) is 0 Å². The largest absolute Gasteiger partial charge is 0.307 e. The predicted molar refractivity (Wildman–Crippen MR) is 85.2 cm³/mol. The topological polar surface area (TPSA) is 45.8 Å². The van der Waals surface area contributed by atoms with Crippen LogP contribution in [-0.2, 0) is 6.42 Å². The molecular weight excluding hydrogens is 268 g/mol. The third-order valence-electron chi connectivity index (χ3n) is 2.85. The normalized spacial score (nSPS) is 11.0. The average Bonchev–Trinajstić information content (AvgIpc) is 2.38. The SMILES string of the molecule is CCSc1ccc(-c2nc(CC(C)C)cc(=O)[nH]2)cc1. The maximum atomic E-state index is 11.7. The molecule has 0 aliphatic rings. The van der Waals surface area contributed by atoms with Gasteiger partial charge in [0, 0.05) is 22.2 Å². The lowest BCUT2D eigenvalue weighted by Crippen LogP contribution is -2.11. The summed E-state index contributed by atoms with van der Waals surface area (Å²) in [5.41, 5.74) is 1.72. The zero-order valence-corrected chi connectivity index (χ0v) is 13.0. The monoisotopic (exact) mass is 288 g/mol. The molecule has 2 rings (SSSR count). The van der Waals surface area contributed by atoms with Crippen LogP contribution >= 0.6 is 11.8 Å². The van der Waals surface area contributed by atoms with E-state index in [1.165, 1.54) is 4.90 Å². The van der Waals surface area contributed by atoms with Gasteiger partial charge in [0.1, 0.15) is 5.82 Å². The van der Waals surface area contributed by atoms with E-state index in [2.05, 4.69) is 42.9 Å². The van der Waals surface area contributed by atoms with Crippen LogP contribution in [0, 0.1) is 5.92 Å². The van der Waals surface area contributed by atoms with E-state index in [4.69, 9.17) is 0 Å². The zero-order valence-electron chi connectivity index (χ0n) is 12.1. The summed E-state index contributed by atoms with van der Waals surface area (Å²) in [6, 6.07) is 9.74. The van der Waals surface area contributed by atoms with Crippen molar-refractivity contribution in [3.8, 4) is 11.4 Å². The van der Waals surface area contributed by atoms with Crippen LogP contribution in [0.25, 0.3) is 11.4 Å². The highest BCUT2D eigenvalue weighted by molar-refractivity contribution is 7.99. The van der Waals surface area contributed by atoms with Crippen molar-refractivity contribution in [2.75, 3.05) is 5.75 Å². The molecule has 4 heteroatoms. The Morgan fingerprint density at radius 3 is 2.55 bits per heavy atom. The van der Waals surface area contributed by atoms with Crippen LogP contribution < -0.4 is 5.56 Å². The van der Waals surface area contributed by atoms with E-state index in [1.807, 2.05) is 12.1 Å². The highest BCUT2D eigenvalue weighted by Crippen LogP contribution is 2.21. The first kappa shape index (κ1) is 14.9. The lowest BCUT2D eigenvalue weighted by molar-refractivity contribution is 0.634. The standard InChI is InChI=1S/C16H20N2OS/c1-4-20-14-7-5-12(6-8-14)16-17-13(9-11(2)3)10-15(19)18-16/h5-8,10-11H,4,9H2,1-3H3,(H,17,18,19). The van der Waals surface area contributed by atoms with E-state index >= 15 is 0 Å². The molecule has 0 aliphatic heterocycles. The average molecular weight is 288 g/mol. The highest BCUT2D eigenvalue weighted by Gasteiger charge is 2.06. The Morgan fingerprint density at radius 2 is 1.95 bits per heavy atom. The minimum absolute atomic E-state index is 0.0855. The number of rotatable bonds is 5. The van der Waals surface area contributed by atoms with Crippen molar-refractivity contribution in [3.63, 3.8) is 0 Å². The zero-order chi connectivity index (χ0) is 14.5. The first-order valence-electron chi connectivity index (χ1n) is 6.92. The van der Waals surface area contributed by atoms with Gasteiger partial charge in [-0.25, -0.2) is 4.98 Å². The van der Waals surface area contributed by atoms with Crippen LogP contribution in [-0.4, -0.2) is 15.7 Å². The Kier molecular flexibility index (Phi) is 5.01. The molecule has 1 aromatic carbocycles. The lowest BCUT2D eigenvalue weighted by Gasteiger charge is -2.07. The molecule has 3 nitrogen and oxygen atoms in total. The maximum Gasteiger partial charge on any atom is 0.251 e. The van der Waals surface area contributed by atoms with Crippen molar-refractivity contribution in [1.82, 2.24) is 9.97 Å². The number of H-pyrrole nitrogens is 1. The molecule has 1 N–H and O–H groups in total. The third-order valence-corrected chi connectivity index (χ3v) is 3.75. The quantitative estimate of drug-likeness (QED) is 0.852. The number of nitrogens with one attached hydrogen (secondary N) is 1. The number of hydrogen-bond donors (Lipinski definition) is 1. The highest BCUT2D eigenvalue weighted by atomic mass is 32.2. The summed E-state index contributed by atoms with van der Waals surface area (Å²) in [4.78, 5) is 20.3. The summed E-state index contributed by atoms with van der Waals surface area (Å²) < 4.78 is 0. The predicted octanol–water partition coefficient (Wildman–Crippen LogP) is 3.75. The Labute approximate surface area is 123 Å². The third kappa shape index (κ3) is 3.97.